The quantitative estimate of drug-likeness (QED) is 0.632. The van der Waals surface area contributed by atoms with E-state index in [0.717, 1.165) is 19.4 Å². The molecule has 8 heteroatoms. The lowest BCUT2D eigenvalue weighted by molar-refractivity contribution is -0.382. The van der Waals surface area contributed by atoms with Crippen LogP contribution >= 0.6 is 0 Å². The molecule has 0 saturated carbocycles. The van der Waals surface area contributed by atoms with Gasteiger partial charge in [-0.25, -0.2) is 4.79 Å². The number of carbonyl (C=O) groups is 1. The molecule has 28 heavy (non-hydrogen) atoms. The van der Waals surface area contributed by atoms with Crippen LogP contribution in [0, 0.1) is 16.0 Å². The fourth-order valence-corrected chi connectivity index (χ4v) is 3.56. The van der Waals surface area contributed by atoms with E-state index in [1.165, 1.54) is 0 Å². The van der Waals surface area contributed by atoms with E-state index < -0.39 is 11.7 Å². The van der Waals surface area contributed by atoms with Crippen LogP contribution in [-0.4, -0.2) is 41.2 Å². The number of nitrogens with zero attached hydrogens (tertiary/aromatic N) is 3. The molecule has 8 nitrogen and oxygen atoms in total. The summed E-state index contributed by atoms with van der Waals surface area (Å²) in [5, 5.41) is 15.1. The Balaban J connectivity index is 1.75. The lowest BCUT2D eigenvalue weighted by Crippen LogP contribution is -2.42. The van der Waals surface area contributed by atoms with Crippen LogP contribution in [-0.2, 0) is 4.74 Å². The Labute approximate surface area is 164 Å². The van der Waals surface area contributed by atoms with E-state index in [1.54, 1.807) is 24.4 Å². The number of anilines is 1. The summed E-state index contributed by atoms with van der Waals surface area (Å²) in [5.74, 6) is 0.200. The number of nitro groups is 1. The number of nitrogens with one attached hydrogen (secondary N) is 1. The molecule has 1 aliphatic rings. The van der Waals surface area contributed by atoms with Crippen molar-refractivity contribution in [3.05, 3.63) is 40.6 Å². The number of ether oxygens (including phenoxy) is 1. The van der Waals surface area contributed by atoms with Gasteiger partial charge in [0.25, 0.3) is 0 Å². The summed E-state index contributed by atoms with van der Waals surface area (Å²) >= 11 is 0. The maximum atomic E-state index is 11.9. The first-order valence-electron chi connectivity index (χ1n) is 9.48. The number of benzene rings is 1. The smallest absolute Gasteiger partial charge is 0.407 e. The molecule has 1 aromatic heterocycles. The molecule has 0 spiro atoms. The third kappa shape index (κ3) is 4.68. The summed E-state index contributed by atoms with van der Waals surface area (Å²) in [5.41, 5.74) is 0.763. The lowest BCUT2D eigenvalue weighted by Gasteiger charge is -2.34. The molecule has 1 fully saturated rings. The average Bonchev–Trinajstić information content (AvgIpc) is 2.64. The number of nitro benzene ring substituents is 1. The van der Waals surface area contributed by atoms with Gasteiger partial charge in [0.15, 0.2) is 0 Å². The van der Waals surface area contributed by atoms with E-state index in [4.69, 9.17) is 4.74 Å². The first-order valence-corrected chi connectivity index (χ1v) is 9.48. The molecule has 2 heterocycles. The first-order chi connectivity index (χ1) is 13.2. The fourth-order valence-electron chi connectivity index (χ4n) is 3.56. The highest BCUT2D eigenvalue weighted by Gasteiger charge is 2.28. The van der Waals surface area contributed by atoms with E-state index >= 15 is 0 Å². The van der Waals surface area contributed by atoms with Crippen LogP contribution in [0.4, 0.5) is 16.2 Å². The Morgan fingerprint density at radius 2 is 2.18 bits per heavy atom. The Morgan fingerprint density at radius 1 is 1.39 bits per heavy atom. The molecule has 1 aromatic carbocycles. The molecule has 150 valence electrons. The van der Waals surface area contributed by atoms with Crippen molar-refractivity contribution in [2.45, 2.75) is 39.2 Å². The predicted molar refractivity (Wildman–Crippen MR) is 108 cm³/mol. The fraction of sp³-hybridized carbons (Fsp3) is 0.500. The molecule has 1 N–H and O–H groups in total. The number of pyridine rings is 1. The molecule has 0 aliphatic carbocycles. The number of alkyl carbamates (subject to hydrolysis) is 1. The molecule has 0 radical (unpaired) electrons. The second-order valence-electron chi connectivity index (χ2n) is 8.10. The predicted octanol–water partition coefficient (Wildman–Crippen LogP) is 3.88. The van der Waals surface area contributed by atoms with Crippen LogP contribution in [0.5, 0.6) is 0 Å². The highest BCUT2D eigenvalue weighted by Crippen LogP contribution is 2.36. The van der Waals surface area contributed by atoms with Gasteiger partial charge in [-0.05, 0) is 63.8 Å². The van der Waals surface area contributed by atoms with Gasteiger partial charge >= 0.3 is 11.8 Å². The van der Waals surface area contributed by atoms with E-state index in [1.807, 2.05) is 31.7 Å². The average molecular weight is 386 g/mol. The van der Waals surface area contributed by atoms with Gasteiger partial charge in [0.05, 0.1) is 15.8 Å². The van der Waals surface area contributed by atoms with Crippen molar-refractivity contribution in [2.75, 3.05) is 24.5 Å². The molecule has 2 aromatic rings. The first kappa shape index (κ1) is 19.9. The Morgan fingerprint density at radius 3 is 2.89 bits per heavy atom. The standard InChI is InChI=1S/C20H26N4O4/c1-20(2,3)28-19(25)22-12-14-6-5-11-23(13-14)17-9-8-16-15(7-4-10-21-16)18(17)24(26)27/h4,7-10,14H,5-6,11-13H2,1-3H3,(H,22,25). The van der Waals surface area contributed by atoms with Gasteiger partial charge in [-0.3, -0.25) is 15.1 Å². The summed E-state index contributed by atoms with van der Waals surface area (Å²) in [6.07, 6.45) is 3.05. The number of aromatic nitrogens is 1. The van der Waals surface area contributed by atoms with Gasteiger partial charge < -0.3 is 15.0 Å². The van der Waals surface area contributed by atoms with E-state index in [9.17, 15) is 14.9 Å². The van der Waals surface area contributed by atoms with Gasteiger partial charge in [-0.1, -0.05) is 0 Å². The van der Waals surface area contributed by atoms with E-state index in [2.05, 4.69) is 10.3 Å². The van der Waals surface area contributed by atoms with Gasteiger partial charge in [0, 0.05) is 25.8 Å². The van der Waals surface area contributed by atoms with Crippen LogP contribution in [0.25, 0.3) is 10.9 Å². The van der Waals surface area contributed by atoms with Crippen molar-refractivity contribution in [1.82, 2.24) is 10.3 Å². The number of piperidine rings is 1. The SMILES string of the molecule is CC(C)(C)OC(=O)NCC1CCCN(c2ccc3ncccc3c2[N+](=O)[O-])C1. The van der Waals surface area contributed by atoms with Gasteiger partial charge in [-0.2, -0.15) is 0 Å². The normalized spacial score (nSPS) is 17.4. The molecular formula is C20H26N4O4. The summed E-state index contributed by atoms with van der Waals surface area (Å²) in [7, 11) is 0. The molecular weight excluding hydrogens is 360 g/mol. The number of rotatable bonds is 4. The molecule has 1 unspecified atom stereocenters. The highest BCUT2D eigenvalue weighted by molar-refractivity contribution is 5.94. The Bertz CT molecular complexity index is 878. The highest BCUT2D eigenvalue weighted by atomic mass is 16.6. The minimum absolute atomic E-state index is 0.0892. The zero-order chi connectivity index (χ0) is 20.3. The van der Waals surface area contributed by atoms with Crippen molar-refractivity contribution >= 4 is 28.4 Å². The summed E-state index contributed by atoms with van der Waals surface area (Å²) in [6.45, 7) is 7.33. The Hall–Kier alpha value is -2.90. The third-order valence-electron chi connectivity index (χ3n) is 4.71. The second-order valence-corrected chi connectivity index (χ2v) is 8.10. The van der Waals surface area contributed by atoms with E-state index in [0.29, 0.717) is 29.7 Å². The molecule has 1 saturated heterocycles. The van der Waals surface area contributed by atoms with Crippen molar-refractivity contribution < 1.29 is 14.5 Å². The maximum absolute atomic E-state index is 11.9. The maximum Gasteiger partial charge on any atom is 0.407 e. The topological polar surface area (TPSA) is 97.6 Å². The summed E-state index contributed by atoms with van der Waals surface area (Å²) in [4.78, 5) is 29.6. The number of hydrogen-bond acceptors (Lipinski definition) is 6. The molecule has 1 atom stereocenters. The van der Waals surface area contributed by atoms with Crippen molar-refractivity contribution in [2.24, 2.45) is 5.92 Å². The van der Waals surface area contributed by atoms with Gasteiger partial charge in [-0.15, -0.1) is 0 Å². The molecule has 3 rings (SSSR count). The number of fused-ring (bicyclic) bond motifs is 1. The van der Waals surface area contributed by atoms with Gasteiger partial charge in [0.2, 0.25) is 0 Å². The zero-order valence-electron chi connectivity index (χ0n) is 16.5. The largest absolute Gasteiger partial charge is 0.444 e. The van der Waals surface area contributed by atoms with Crippen molar-refractivity contribution in [3.8, 4) is 0 Å². The van der Waals surface area contributed by atoms with Crippen molar-refractivity contribution in [3.63, 3.8) is 0 Å². The minimum Gasteiger partial charge on any atom is -0.444 e. The number of carbonyl (C=O) groups excluding carboxylic acids is 1. The lowest BCUT2D eigenvalue weighted by atomic mass is 9.97. The van der Waals surface area contributed by atoms with E-state index in [-0.39, 0.29) is 16.5 Å². The monoisotopic (exact) mass is 386 g/mol. The molecule has 0 bridgehead atoms. The van der Waals surface area contributed by atoms with Crippen LogP contribution in [0.2, 0.25) is 0 Å². The zero-order valence-corrected chi connectivity index (χ0v) is 16.5. The number of amides is 1. The molecule has 1 amide bonds. The van der Waals surface area contributed by atoms with Gasteiger partial charge in [0.1, 0.15) is 11.3 Å². The second kappa shape index (κ2) is 8.00. The van der Waals surface area contributed by atoms with Crippen LogP contribution in [0.1, 0.15) is 33.6 Å². The molecule has 1 aliphatic heterocycles. The van der Waals surface area contributed by atoms with Crippen molar-refractivity contribution in [1.29, 1.82) is 0 Å². The van der Waals surface area contributed by atoms with Crippen LogP contribution in [0.15, 0.2) is 30.5 Å². The van der Waals surface area contributed by atoms with Crippen LogP contribution < -0.4 is 10.2 Å². The minimum atomic E-state index is -0.539. The summed E-state index contributed by atoms with van der Waals surface area (Å²) in [6, 6.07) is 7.04. The van der Waals surface area contributed by atoms with Crippen LogP contribution in [0.3, 0.4) is 0 Å². The summed E-state index contributed by atoms with van der Waals surface area (Å²) < 4.78 is 5.28. The number of hydrogen-bond donors (Lipinski definition) is 1. The third-order valence-corrected chi connectivity index (χ3v) is 4.71. The Kier molecular flexibility index (Phi) is 5.67.